The minimum Gasteiger partial charge on any atom is -0.319 e. The third-order valence-electron chi connectivity index (χ3n) is 2.89. The molecule has 1 heteroatoms. The molecular weight excluding hydrogens is 158 g/mol. The van der Waals surface area contributed by atoms with Gasteiger partial charge in [0.25, 0.3) is 0 Å². The molecule has 13 heavy (non-hydrogen) atoms. The molecule has 0 bridgehead atoms. The first-order valence-electron chi connectivity index (χ1n) is 5.02. The summed E-state index contributed by atoms with van der Waals surface area (Å²) in [7, 11) is 2.03. The van der Waals surface area contributed by atoms with Gasteiger partial charge in [-0.15, -0.1) is 0 Å². The number of hydrogen-bond acceptors (Lipinski definition) is 1. The van der Waals surface area contributed by atoms with E-state index in [1.165, 1.54) is 24.1 Å². The molecule has 1 aromatic carbocycles. The molecule has 0 heterocycles. The Bertz CT molecular complexity index is 276. The summed E-state index contributed by atoms with van der Waals surface area (Å²) >= 11 is 0. The third kappa shape index (κ3) is 1.92. The zero-order chi connectivity index (χ0) is 9.26. The molecule has 1 N–H and O–H groups in total. The lowest BCUT2D eigenvalue weighted by atomic mass is 10.1. The van der Waals surface area contributed by atoms with Crippen LogP contribution in [0.2, 0.25) is 0 Å². The van der Waals surface area contributed by atoms with E-state index in [-0.39, 0.29) is 0 Å². The van der Waals surface area contributed by atoms with Crippen molar-refractivity contribution >= 4 is 0 Å². The zero-order valence-electron chi connectivity index (χ0n) is 8.38. The monoisotopic (exact) mass is 175 g/mol. The molecule has 0 saturated heterocycles. The average molecular weight is 175 g/mol. The highest BCUT2D eigenvalue weighted by Gasteiger charge is 2.37. The number of aryl methyl sites for hydroxylation is 1. The highest BCUT2D eigenvalue weighted by molar-refractivity contribution is 5.28. The van der Waals surface area contributed by atoms with E-state index in [1.807, 2.05) is 7.05 Å². The van der Waals surface area contributed by atoms with Gasteiger partial charge in [-0.1, -0.05) is 29.8 Å². The maximum atomic E-state index is 3.24. The van der Waals surface area contributed by atoms with Gasteiger partial charge in [-0.25, -0.2) is 0 Å². The van der Waals surface area contributed by atoms with Gasteiger partial charge in [0.2, 0.25) is 0 Å². The third-order valence-corrected chi connectivity index (χ3v) is 2.89. The molecule has 0 amide bonds. The summed E-state index contributed by atoms with van der Waals surface area (Å²) in [5.41, 5.74) is 2.88. The maximum Gasteiger partial charge on any atom is -0.00175 e. The van der Waals surface area contributed by atoms with Crippen molar-refractivity contribution in [1.82, 2.24) is 5.32 Å². The molecule has 70 valence electrons. The van der Waals surface area contributed by atoms with Gasteiger partial charge in [0, 0.05) is 0 Å². The molecule has 0 aliphatic heterocycles. The van der Waals surface area contributed by atoms with Gasteiger partial charge < -0.3 is 5.32 Å². The van der Waals surface area contributed by atoms with Gasteiger partial charge in [0.15, 0.2) is 0 Å². The molecule has 2 atom stereocenters. The van der Waals surface area contributed by atoms with Crippen LogP contribution in [0.1, 0.15) is 23.5 Å². The van der Waals surface area contributed by atoms with Crippen LogP contribution in [0.3, 0.4) is 0 Å². The summed E-state index contributed by atoms with van der Waals surface area (Å²) < 4.78 is 0. The lowest BCUT2D eigenvalue weighted by Gasteiger charge is -2.00. The predicted molar refractivity (Wildman–Crippen MR) is 56.0 cm³/mol. The van der Waals surface area contributed by atoms with Crippen molar-refractivity contribution in [3.63, 3.8) is 0 Å². The minimum absolute atomic E-state index is 0.827. The van der Waals surface area contributed by atoms with Crippen LogP contribution in [0.5, 0.6) is 0 Å². The fraction of sp³-hybridized carbons (Fsp3) is 0.500. The second-order valence-electron chi connectivity index (χ2n) is 4.07. The Labute approximate surface area is 80.2 Å². The van der Waals surface area contributed by atoms with E-state index >= 15 is 0 Å². The van der Waals surface area contributed by atoms with Gasteiger partial charge in [-0.05, 0) is 44.3 Å². The van der Waals surface area contributed by atoms with Gasteiger partial charge >= 0.3 is 0 Å². The summed E-state index contributed by atoms with van der Waals surface area (Å²) in [5, 5.41) is 3.24. The lowest BCUT2D eigenvalue weighted by molar-refractivity contribution is 0.698. The van der Waals surface area contributed by atoms with Crippen LogP contribution in [-0.4, -0.2) is 13.6 Å². The van der Waals surface area contributed by atoms with Crippen molar-refractivity contribution < 1.29 is 0 Å². The van der Waals surface area contributed by atoms with Gasteiger partial charge in [0.05, 0.1) is 0 Å². The number of benzene rings is 1. The van der Waals surface area contributed by atoms with Crippen LogP contribution in [0.15, 0.2) is 24.3 Å². The molecular formula is C12H17N. The molecule has 1 aromatic rings. The number of nitrogens with one attached hydrogen (secondary N) is 1. The highest BCUT2D eigenvalue weighted by atomic mass is 14.8. The molecule has 1 fully saturated rings. The van der Waals surface area contributed by atoms with E-state index in [0.717, 1.165) is 11.8 Å². The van der Waals surface area contributed by atoms with Crippen molar-refractivity contribution in [3.8, 4) is 0 Å². The van der Waals surface area contributed by atoms with Crippen molar-refractivity contribution in [2.75, 3.05) is 13.6 Å². The lowest BCUT2D eigenvalue weighted by Crippen LogP contribution is -2.10. The predicted octanol–water partition coefficient (Wildman–Crippen LogP) is 2.32. The quantitative estimate of drug-likeness (QED) is 0.743. The Kier molecular flexibility index (Phi) is 2.36. The van der Waals surface area contributed by atoms with E-state index in [1.54, 1.807) is 0 Å². The Morgan fingerprint density at radius 3 is 2.62 bits per heavy atom. The van der Waals surface area contributed by atoms with E-state index in [2.05, 4.69) is 36.5 Å². The normalized spacial score (nSPS) is 26.0. The van der Waals surface area contributed by atoms with E-state index in [9.17, 15) is 0 Å². The van der Waals surface area contributed by atoms with Gasteiger partial charge in [-0.2, -0.15) is 0 Å². The van der Waals surface area contributed by atoms with Crippen LogP contribution in [0.4, 0.5) is 0 Å². The second-order valence-corrected chi connectivity index (χ2v) is 4.07. The molecule has 0 spiro atoms. The van der Waals surface area contributed by atoms with E-state index < -0.39 is 0 Å². The van der Waals surface area contributed by atoms with Crippen molar-refractivity contribution in [1.29, 1.82) is 0 Å². The SMILES string of the molecule is CNC[C@@H]1C[C@@H]1c1ccc(C)cc1. The largest absolute Gasteiger partial charge is 0.319 e. The van der Waals surface area contributed by atoms with Gasteiger partial charge in [0.1, 0.15) is 0 Å². The number of hydrogen-bond donors (Lipinski definition) is 1. The minimum atomic E-state index is 0.827. The Morgan fingerprint density at radius 1 is 1.31 bits per heavy atom. The topological polar surface area (TPSA) is 12.0 Å². The summed E-state index contributed by atoms with van der Waals surface area (Å²) in [6.45, 7) is 3.31. The van der Waals surface area contributed by atoms with Crippen LogP contribution in [0.25, 0.3) is 0 Å². The summed E-state index contributed by atoms with van der Waals surface area (Å²) in [4.78, 5) is 0. The van der Waals surface area contributed by atoms with Gasteiger partial charge in [-0.3, -0.25) is 0 Å². The van der Waals surface area contributed by atoms with E-state index in [0.29, 0.717) is 0 Å². The fourth-order valence-electron chi connectivity index (χ4n) is 1.96. The van der Waals surface area contributed by atoms with Crippen molar-refractivity contribution in [2.45, 2.75) is 19.3 Å². The van der Waals surface area contributed by atoms with E-state index in [4.69, 9.17) is 0 Å². The molecule has 1 nitrogen and oxygen atoms in total. The first-order valence-corrected chi connectivity index (χ1v) is 5.02. The summed E-state index contributed by atoms with van der Waals surface area (Å²) in [5.74, 6) is 1.71. The zero-order valence-corrected chi connectivity index (χ0v) is 8.38. The Balaban J connectivity index is 2.00. The smallest absolute Gasteiger partial charge is 0.00175 e. The summed E-state index contributed by atoms with van der Waals surface area (Å²) in [6.07, 6.45) is 1.36. The number of rotatable bonds is 3. The molecule has 1 aliphatic carbocycles. The van der Waals surface area contributed by atoms with Crippen molar-refractivity contribution in [3.05, 3.63) is 35.4 Å². The highest BCUT2D eigenvalue weighted by Crippen LogP contribution is 2.46. The Hall–Kier alpha value is -0.820. The molecule has 1 saturated carbocycles. The molecule has 0 radical (unpaired) electrons. The second kappa shape index (κ2) is 3.51. The standard InChI is InChI=1S/C12H17N/c1-9-3-5-10(6-4-9)12-7-11(12)8-13-2/h3-6,11-13H,7-8H2,1-2H3/t11-,12+/m0/s1. The molecule has 0 aromatic heterocycles. The fourth-order valence-corrected chi connectivity index (χ4v) is 1.96. The summed E-state index contributed by atoms with van der Waals surface area (Å²) in [6, 6.07) is 8.97. The van der Waals surface area contributed by atoms with Crippen molar-refractivity contribution in [2.24, 2.45) is 5.92 Å². The van der Waals surface area contributed by atoms with Crippen LogP contribution >= 0.6 is 0 Å². The van der Waals surface area contributed by atoms with Crippen LogP contribution in [-0.2, 0) is 0 Å². The Morgan fingerprint density at radius 2 is 2.00 bits per heavy atom. The maximum absolute atomic E-state index is 3.24. The van der Waals surface area contributed by atoms with Crippen LogP contribution < -0.4 is 5.32 Å². The molecule has 0 unspecified atom stereocenters. The first kappa shape index (κ1) is 8.76. The molecule has 1 aliphatic rings. The average Bonchev–Trinajstić information content (AvgIpc) is 2.86. The molecule has 2 rings (SSSR count). The van der Waals surface area contributed by atoms with Crippen LogP contribution in [0, 0.1) is 12.8 Å². The first-order chi connectivity index (χ1) is 6.31.